The van der Waals surface area contributed by atoms with Crippen molar-refractivity contribution in [2.75, 3.05) is 49.3 Å². The largest absolute Gasteiger partial charge is 0.383 e. The van der Waals surface area contributed by atoms with E-state index in [9.17, 15) is 4.39 Å². The van der Waals surface area contributed by atoms with Gasteiger partial charge in [-0.05, 0) is 25.2 Å². The van der Waals surface area contributed by atoms with Crippen molar-refractivity contribution in [2.45, 2.75) is 0 Å². The van der Waals surface area contributed by atoms with Crippen LogP contribution in [0.4, 0.5) is 21.0 Å². The van der Waals surface area contributed by atoms with Gasteiger partial charge in [-0.2, -0.15) is 5.10 Å². The summed E-state index contributed by atoms with van der Waals surface area (Å²) in [7, 11) is 2.10. The van der Waals surface area contributed by atoms with Crippen LogP contribution in [0, 0.1) is 5.82 Å². The molecule has 1 saturated heterocycles. The number of nitrogen functional groups attached to an aromatic ring is 1. The Morgan fingerprint density at radius 2 is 2.13 bits per heavy atom. The molecule has 23 heavy (non-hydrogen) atoms. The van der Waals surface area contributed by atoms with Crippen LogP contribution in [0.15, 0.2) is 28.7 Å². The summed E-state index contributed by atoms with van der Waals surface area (Å²) in [4.78, 5) is 8.48. The number of halogens is 1. The SMILES string of the molecule is CN1CCN(c2ccc(C=NNc3nc(N)cs3)c(F)c2)CC1. The molecule has 0 aliphatic carbocycles. The lowest BCUT2D eigenvalue weighted by molar-refractivity contribution is 0.313. The molecule has 0 saturated carbocycles. The van der Waals surface area contributed by atoms with Crippen molar-refractivity contribution >= 4 is 34.2 Å². The Bertz CT molecular complexity index is 693. The molecule has 1 aromatic heterocycles. The summed E-state index contributed by atoms with van der Waals surface area (Å²) in [6, 6.07) is 5.23. The predicted octanol–water partition coefficient (Wildman–Crippen LogP) is 2.06. The van der Waals surface area contributed by atoms with Crippen molar-refractivity contribution in [3.05, 3.63) is 35.0 Å². The fourth-order valence-electron chi connectivity index (χ4n) is 2.38. The zero-order valence-corrected chi connectivity index (χ0v) is 13.7. The Morgan fingerprint density at radius 1 is 1.35 bits per heavy atom. The lowest BCUT2D eigenvalue weighted by Gasteiger charge is -2.34. The van der Waals surface area contributed by atoms with E-state index in [0.29, 0.717) is 16.5 Å². The average molecular weight is 334 g/mol. The Labute approximate surface area is 138 Å². The minimum Gasteiger partial charge on any atom is -0.383 e. The lowest BCUT2D eigenvalue weighted by atomic mass is 10.2. The summed E-state index contributed by atoms with van der Waals surface area (Å²) in [5.41, 5.74) is 9.60. The van der Waals surface area contributed by atoms with Crippen LogP contribution in [0.1, 0.15) is 5.56 Å². The van der Waals surface area contributed by atoms with Gasteiger partial charge in [0.2, 0.25) is 5.13 Å². The number of hydrazone groups is 1. The van der Waals surface area contributed by atoms with E-state index < -0.39 is 0 Å². The molecule has 0 atom stereocenters. The van der Waals surface area contributed by atoms with Crippen LogP contribution in [-0.2, 0) is 0 Å². The van der Waals surface area contributed by atoms with Crippen LogP contribution in [0.25, 0.3) is 0 Å². The molecule has 0 unspecified atom stereocenters. The van der Waals surface area contributed by atoms with Gasteiger partial charge in [0.15, 0.2) is 0 Å². The van der Waals surface area contributed by atoms with Crippen LogP contribution in [0.2, 0.25) is 0 Å². The Kier molecular flexibility index (Phi) is 4.73. The molecular formula is C15H19FN6S. The van der Waals surface area contributed by atoms with Crippen molar-refractivity contribution in [3.63, 3.8) is 0 Å². The van der Waals surface area contributed by atoms with Crippen LogP contribution in [-0.4, -0.2) is 49.3 Å². The molecule has 8 heteroatoms. The predicted molar refractivity (Wildman–Crippen MR) is 93.9 cm³/mol. The van der Waals surface area contributed by atoms with Crippen LogP contribution < -0.4 is 16.1 Å². The topological polar surface area (TPSA) is 69.8 Å². The number of nitrogens with two attached hydrogens (primary N) is 1. The molecule has 1 aliphatic rings. The molecule has 0 spiro atoms. The maximum absolute atomic E-state index is 14.2. The summed E-state index contributed by atoms with van der Waals surface area (Å²) in [5.74, 6) is 0.154. The molecule has 122 valence electrons. The number of rotatable bonds is 4. The number of nitrogens with zero attached hydrogens (tertiary/aromatic N) is 4. The van der Waals surface area contributed by atoms with Gasteiger partial charge in [-0.15, -0.1) is 11.3 Å². The van der Waals surface area contributed by atoms with E-state index in [0.717, 1.165) is 31.9 Å². The number of likely N-dealkylation sites (N-methyl/N-ethyl adjacent to an activating group) is 1. The van der Waals surface area contributed by atoms with Gasteiger partial charge >= 0.3 is 0 Å². The minimum absolute atomic E-state index is 0.286. The molecule has 2 aromatic rings. The number of hydrogen-bond donors (Lipinski definition) is 2. The van der Waals surface area contributed by atoms with Crippen molar-refractivity contribution in [2.24, 2.45) is 5.10 Å². The van der Waals surface area contributed by atoms with Crippen LogP contribution in [0.3, 0.4) is 0 Å². The number of anilines is 3. The molecule has 0 radical (unpaired) electrons. The van der Waals surface area contributed by atoms with Gasteiger partial charge in [0.1, 0.15) is 11.6 Å². The van der Waals surface area contributed by atoms with E-state index in [1.54, 1.807) is 17.5 Å². The van der Waals surface area contributed by atoms with E-state index in [1.807, 2.05) is 6.07 Å². The molecule has 3 rings (SSSR count). The third-order valence-corrected chi connectivity index (χ3v) is 4.50. The summed E-state index contributed by atoms with van der Waals surface area (Å²) < 4.78 is 14.2. The summed E-state index contributed by atoms with van der Waals surface area (Å²) >= 11 is 1.34. The second-order valence-corrected chi connectivity index (χ2v) is 6.30. The molecule has 3 N–H and O–H groups in total. The van der Waals surface area contributed by atoms with E-state index in [-0.39, 0.29) is 5.82 Å². The number of piperazine rings is 1. The van der Waals surface area contributed by atoms with Gasteiger partial charge in [0.25, 0.3) is 0 Å². The number of benzene rings is 1. The van der Waals surface area contributed by atoms with Crippen molar-refractivity contribution in [1.29, 1.82) is 0 Å². The quantitative estimate of drug-likeness (QED) is 0.662. The second-order valence-electron chi connectivity index (χ2n) is 5.44. The van der Waals surface area contributed by atoms with E-state index in [4.69, 9.17) is 5.73 Å². The van der Waals surface area contributed by atoms with E-state index in [2.05, 4.69) is 32.4 Å². The Morgan fingerprint density at radius 3 is 2.78 bits per heavy atom. The summed E-state index contributed by atoms with van der Waals surface area (Å²) in [5, 5.41) is 6.28. The monoisotopic (exact) mass is 334 g/mol. The van der Waals surface area contributed by atoms with E-state index >= 15 is 0 Å². The van der Waals surface area contributed by atoms with Gasteiger partial charge < -0.3 is 15.5 Å². The van der Waals surface area contributed by atoms with Crippen molar-refractivity contribution in [1.82, 2.24) is 9.88 Å². The third-order valence-electron chi connectivity index (χ3n) is 3.74. The first-order valence-corrected chi connectivity index (χ1v) is 8.23. The normalized spacial score (nSPS) is 16.2. The lowest BCUT2D eigenvalue weighted by Crippen LogP contribution is -2.44. The first kappa shape index (κ1) is 15.7. The molecule has 6 nitrogen and oxygen atoms in total. The van der Waals surface area contributed by atoms with Gasteiger partial charge in [0, 0.05) is 42.8 Å². The Balaban J connectivity index is 1.64. The van der Waals surface area contributed by atoms with Crippen molar-refractivity contribution in [3.8, 4) is 0 Å². The molecular weight excluding hydrogens is 315 g/mol. The molecule has 0 bridgehead atoms. The van der Waals surface area contributed by atoms with Gasteiger partial charge in [0.05, 0.1) is 6.21 Å². The first-order valence-electron chi connectivity index (χ1n) is 7.35. The van der Waals surface area contributed by atoms with Gasteiger partial charge in [-0.1, -0.05) is 0 Å². The van der Waals surface area contributed by atoms with Crippen molar-refractivity contribution < 1.29 is 4.39 Å². The molecule has 1 aromatic carbocycles. The van der Waals surface area contributed by atoms with E-state index in [1.165, 1.54) is 17.6 Å². The molecule has 1 fully saturated rings. The number of nitrogens with one attached hydrogen (secondary N) is 1. The highest BCUT2D eigenvalue weighted by atomic mass is 32.1. The molecule has 1 aliphatic heterocycles. The first-order chi connectivity index (χ1) is 11.1. The standard InChI is InChI=1S/C15H19FN6S/c1-21-4-6-22(7-5-21)12-3-2-11(13(16)8-12)9-18-20-15-19-14(17)10-23-15/h2-3,8-10H,4-7,17H2,1H3,(H,19,20). The maximum atomic E-state index is 14.2. The fourth-order valence-corrected chi connectivity index (χ4v) is 2.93. The molecule has 0 amide bonds. The molecule has 2 heterocycles. The number of thiazole rings is 1. The average Bonchev–Trinajstić information content (AvgIpc) is 2.95. The number of hydrogen-bond acceptors (Lipinski definition) is 7. The maximum Gasteiger partial charge on any atom is 0.205 e. The Hall–Kier alpha value is -2.19. The number of aromatic nitrogens is 1. The van der Waals surface area contributed by atoms with Crippen LogP contribution in [0.5, 0.6) is 0 Å². The zero-order chi connectivity index (χ0) is 16.2. The minimum atomic E-state index is -0.286. The zero-order valence-electron chi connectivity index (χ0n) is 12.9. The summed E-state index contributed by atoms with van der Waals surface area (Å²) in [6.45, 7) is 3.81. The summed E-state index contributed by atoms with van der Waals surface area (Å²) in [6.07, 6.45) is 1.45. The smallest absolute Gasteiger partial charge is 0.205 e. The highest BCUT2D eigenvalue weighted by molar-refractivity contribution is 7.14. The third kappa shape index (κ3) is 3.96. The fraction of sp³-hybridized carbons (Fsp3) is 0.333. The highest BCUT2D eigenvalue weighted by Crippen LogP contribution is 2.20. The van der Waals surface area contributed by atoms with Gasteiger partial charge in [-0.3, -0.25) is 5.43 Å². The second kappa shape index (κ2) is 6.93. The van der Waals surface area contributed by atoms with Crippen LogP contribution >= 0.6 is 11.3 Å². The highest BCUT2D eigenvalue weighted by Gasteiger charge is 2.15. The van der Waals surface area contributed by atoms with Gasteiger partial charge in [-0.25, -0.2) is 9.37 Å².